The predicted octanol–water partition coefficient (Wildman–Crippen LogP) is 1.03. The Morgan fingerprint density at radius 2 is 2.20 bits per heavy atom. The van der Waals surface area contributed by atoms with E-state index in [0.717, 1.165) is 24.6 Å². The lowest BCUT2D eigenvalue weighted by Gasteiger charge is -2.39. The van der Waals surface area contributed by atoms with E-state index in [0.29, 0.717) is 11.8 Å². The van der Waals surface area contributed by atoms with Gasteiger partial charge in [-0.15, -0.1) is 0 Å². The molecule has 0 radical (unpaired) electrons. The highest BCUT2D eigenvalue weighted by Crippen LogP contribution is 2.23. The van der Waals surface area contributed by atoms with Gasteiger partial charge < -0.3 is 10.0 Å². The van der Waals surface area contributed by atoms with Crippen molar-refractivity contribution in [3.8, 4) is 0 Å². The topological polar surface area (TPSA) is 49.2 Å². The normalized spacial score (nSPS) is 16.9. The molecule has 0 unspecified atom stereocenters. The Morgan fingerprint density at radius 1 is 1.47 bits per heavy atom. The third-order valence-corrected chi connectivity index (χ3v) is 2.80. The molecule has 1 fully saturated rings. The molecule has 82 valence electrons. The Labute approximate surface area is 90.0 Å². The van der Waals surface area contributed by atoms with Crippen LogP contribution in [0.4, 0.5) is 5.82 Å². The zero-order valence-electron chi connectivity index (χ0n) is 9.22. The Balaban J connectivity index is 2.06. The number of nitrogens with zero attached hydrogens (tertiary/aromatic N) is 3. The quantitative estimate of drug-likeness (QED) is 0.804. The Hall–Kier alpha value is -1.16. The highest BCUT2D eigenvalue weighted by molar-refractivity contribution is 5.42. The van der Waals surface area contributed by atoms with Crippen molar-refractivity contribution in [3.63, 3.8) is 0 Å². The van der Waals surface area contributed by atoms with Crippen LogP contribution in [0.15, 0.2) is 12.4 Å². The van der Waals surface area contributed by atoms with Crippen molar-refractivity contribution in [3.05, 3.63) is 18.1 Å². The van der Waals surface area contributed by atoms with Gasteiger partial charge in [-0.2, -0.15) is 0 Å². The molecule has 0 amide bonds. The van der Waals surface area contributed by atoms with E-state index in [1.54, 1.807) is 6.33 Å². The minimum atomic E-state index is 0.276. The van der Waals surface area contributed by atoms with Crippen LogP contribution in [-0.4, -0.2) is 34.8 Å². The van der Waals surface area contributed by atoms with Crippen LogP contribution >= 0.6 is 0 Å². The molecule has 0 aliphatic carbocycles. The maximum Gasteiger partial charge on any atom is 0.132 e. The van der Waals surface area contributed by atoms with Gasteiger partial charge in [0.05, 0.1) is 0 Å². The summed E-state index contributed by atoms with van der Waals surface area (Å²) in [5.74, 6) is 1.84. The molecule has 0 aromatic carbocycles. The van der Waals surface area contributed by atoms with E-state index in [-0.39, 0.29) is 6.61 Å². The third kappa shape index (κ3) is 2.09. The van der Waals surface area contributed by atoms with Gasteiger partial charge in [-0.05, 0) is 5.92 Å². The molecule has 1 aliphatic rings. The predicted molar refractivity (Wildman–Crippen MR) is 58.9 cm³/mol. The highest BCUT2D eigenvalue weighted by Gasteiger charge is 2.27. The molecule has 0 saturated carbocycles. The average Bonchev–Trinajstić information content (AvgIpc) is 2.16. The lowest BCUT2D eigenvalue weighted by Crippen LogP contribution is -2.48. The summed E-state index contributed by atoms with van der Waals surface area (Å²) in [7, 11) is 0. The molecule has 0 spiro atoms. The van der Waals surface area contributed by atoms with E-state index >= 15 is 0 Å². The molecule has 2 heterocycles. The van der Waals surface area contributed by atoms with E-state index in [4.69, 9.17) is 5.11 Å². The molecule has 1 aromatic heterocycles. The van der Waals surface area contributed by atoms with Gasteiger partial charge in [-0.1, -0.05) is 13.8 Å². The molecular weight excluding hydrogens is 190 g/mol. The van der Waals surface area contributed by atoms with E-state index in [1.165, 1.54) is 0 Å². The summed E-state index contributed by atoms with van der Waals surface area (Å²) >= 11 is 0. The standard InChI is InChI=1S/C11H17N3O/c1-8(2)10-3-11(13-7-12-10)14-4-9(5-14)6-15/h3,7-9,15H,4-6H2,1-2H3. The summed E-state index contributed by atoms with van der Waals surface area (Å²) in [4.78, 5) is 10.7. The molecule has 1 aromatic rings. The van der Waals surface area contributed by atoms with Crippen LogP contribution in [0.1, 0.15) is 25.5 Å². The first-order valence-electron chi connectivity index (χ1n) is 5.38. The van der Waals surface area contributed by atoms with Gasteiger partial charge in [0.2, 0.25) is 0 Å². The summed E-state index contributed by atoms with van der Waals surface area (Å²) in [5, 5.41) is 8.93. The molecule has 1 saturated heterocycles. The fourth-order valence-corrected chi connectivity index (χ4v) is 1.72. The summed E-state index contributed by atoms with van der Waals surface area (Å²) < 4.78 is 0. The third-order valence-electron chi connectivity index (χ3n) is 2.80. The minimum Gasteiger partial charge on any atom is -0.396 e. The fourth-order valence-electron chi connectivity index (χ4n) is 1.72. The number of rotatable bonds is 3. The zero-order chi connectivity index (χ0) is 10.8. The van der Waals surface area contributed by atoms with Crippen molar-refractivity contribution >= 4 is 5.82 Å². The van der Waals surface area contributed by atoms with Gasteiger partial charge in [0, 0.05) is 37.4 Å². The molecule has 1 aliphatic heterocycles. The van der Waals surface area contributed by atoms with Gasteiger partial charge in [-0.3, -0.25) is 0 Å². The number of aliphatic hydroxyl groups is 1. The van der Waals surface area contributed by atoms with E-state index in [9.17, 15) is 0 Å². The zero-order valence-corrected chi connectivity index (χ0v) is 9.22. The molecule has 4 nitrogen and oxygen atoms in total. The molecule has 0 atom stereocenters. The fraction of sp³-hybridized carbons (Fsp3) is 0.636. The number of hydrogen-bond donors (Lipinski definition) is 1. The van der Waals surface area contributed by atoms with Gasteiger partial charge in [0.1, 0.15) is 12.1 Å². The number of anilines is 1. The smallest absolute Gasteiger partial charge is 0.132 e. The first kappa shape index (κ1) is 10.4. The summed E-state index contributed by atoms with van der Waals surface area (Å²) in [5.41, 5.74) is 1.08. The second-order valence-corrected chi connectivity index (χ2v) is 4.41. The van der Waals surface area contributed by atoms with Crippen LogP contribution in [0, 0.1) is 5.92 Å². The SMILES string of the molecule is CC(C)c1cc(N2CC(CO)C2)ncn1. The van der Waals surface area contributed by atoms with Crippen LogP contribution in [0.2, 0.25) is 0 Å². The van der Waals surface area contributed by atoms with Gasteiger partial charge in [0.15, 0.2) is 0 Å². The van der Waals surface area contributed by atoms with Crippen molar-refractivity contribution in [2.24, 2.45) is 5.92 Å². The number of hydrogen-bond acceptors (Lipinski definition) is 4. The van der Waals surface area contributed by atoms with Crippen molar-refractivity contribution in [1.29, 1.82) is 0 Å². The van der Waals surface area contributed by atoms with Crippen LogP contribution in [0.25, 0.3) is 0 Å². The van der Waals surface area contributed by atoms with Crippen molar-refractivity contribution in [2.45, 2.75) is 19.8 Å². The van der Waals surface area contributed by atoms with E-state index in [1.807, 2.05) is 6.07 Å². The van der Waals surface area contributed by atoms with Crippen LogP contribution in [0.3, 0.4) is 0 Å². The monoisotopic (exact) mass is 207 g/mol. The van der Waals surface area contributed by atoms with Crippen molar-refractivity contribution < 1.29 is 5.11 Å². The lowest BCUT2D eigenvalue weighted by atomic mass is 10.0. The second kappa shape index (κ2) is 4.14. The number of aromatic nitrogens is 2. The van der Waals surface area contributed by atoms with E-state index < -0.39 is 0 Å². The Morgan fingerprint density at radius 3 is 2.80 bits per heavy atom. The Bertz CT molecular complexity index is 334. The van der Waals surface area contributed by atoms with Crippen LogP contribution in [0.5, 0.6) is 0 Å². The molecule has 2 rings (SSSR count). The molecule has 15 heavy (non-hydrogen) atoms. The second-order valence-electron chi connectivity index (χ2n) is 4.41. The van der Waals surface area contributed by atoms with Crippen molar-refractivity contribution in [1.82, 2.24) is 9.97 Å². The van der Waals surface area contributed by atoms with Crippen LogP contribution in [-0.2, 0) is 0 Å². The van der Waals surface area contributed by atoms with E-state index in [2.05, 4.69) is 28.7 Å². The molecule has 1 N–H and O–H groups in total. The summed E-state index contributed by atoms with van der Waals surface area (Å²) in [6.07, 6.45) is 1.62. The summed E-state index contributed by atoms with van der Waals surface area (Å²) in [6, 6.07) is 2.04. The molecular formula is C11H17N3O. The van der Waals surface area contributed by atoms with Gasteiger partial charge in [0.25, 0.3) is 0 Å². The summed E-state index contributed by atoms with van der Waals surface area (Å²) in [6.45, 7) is 6.34. The Kier molecular flexibility index (Phi) is 2.86. The van der Waals surface area contributed by atoms with Gasteiger partial charge >= 0.3 is 0 Å². The first-order valence-corrected chi connectivity index (χ1v) is 5.38. The number of aliphatic hydroxyl groups excluding tert-OH is 1. The van der Waals surface area contributed by atoms with Crippen LogP contribution < -0.4 is 4.90 Å². The maximum absolute atomic E-state index is 8.93. The maximum atomic E-state index is 8.93. The minimum absolute atomic E-state index is 0.276. The van der Waals surface area contributed by atoms with Gasteiger partial charge in [-0.25, -0.2) is 9.97 Å². The highest BCUT2D eigenvalue weighted by atomic mass is 16.3. The van der Waals surface area contributed by atoms with Crippen molar-refractivity contribution in [2.75, 3.05) is 24.6 Å². The average molecular weight is 207 g/mol. The molecule has 4 heteroatoms. The molecule has 0 bridgehead atoms. The largest absolute Gasteiger partial charge is 0.396 e. The first-order chi connectivity index (χ1) is 7.20. The lowest BCUT2D eigenvalue weighted by molar-refractivity contribution is 0.200.